The minimum atomic E-state index is -3.22. The number of thioether (sulfide) groups is 1. The van der Waals surface area contributed by atoms with E-state index in [9.17, 15) is 8.42 Å². The third-order valence-corrected chi connectivity index (χ3v) is 6.44. The van der Waals surface area contributed by atoms with E-state index in [1.807, 2.05) is 11.8 Å². The van der Waals surface area contributed by atoms with Gasteiger partial charge in [-0.2, -0.15) is 31.3 Å². The molecule has 2 aromatic heterocycles. The van der Waals surface area contributed by atoms with E-state index in [0.717, 1.165) is 5.75 Å². The lowest BCUT2D eigenvalue weighted by Gasteiger charge is -2.36. The first-order valence-corrected chi connectivity index (χ1v) is 9.77. The van der Waals surface area contributed by atoms with Crippen LogP contribution in [0.2, 0.25) is 5.15 Å². The Balaban J connectivity index is 2.22. The van der Waals surface area contributed by atoms with Gasteiger partial charge >= 0.3 is 0 Å². The highest BCUT2D eigenvalue weighted by atomic mass is 35.5. The van der Waals surface area contributed by atoms with Gasteiger partial charge in [0.15, 0.2) is 9.84 Å². The van der Waals surface area contributed by atoms with Gasteiger partial charge in [-0.25, -0.2) is 8.42 Å². The van der Waals surface area contributed by atoms with Crippen molar-refractivity contribution in [1.29, 1.82) is 0 Å². The predicted octanol–water partition coefficient (Wildman–Crippen LogP) is 1.01. The number of sulfone groups is 1. The Bertz CT molecular complexity index is 791. The van der Waals surface area contributed by atoms with Gasteiger partial charge in [-0.3, -0.25) is 0 Å². The van der Waals surface area contributed by atoms with Crippen LogP contribution in [0.3, 0.4) is 0 Å². The number of fused-ring (bicyclic) bond motifs is 1. The molecule has 3 rings (SSSR count). The van der Waals surface area contributed by atoms with Gasteiger partial charge in [0.05, 0.1) is 0 Å². The third kappa shape index (κ3) is 2.58. The van der Waals surface area contributed by atoms with Gasteiger partial charge < -0.3 is 4.90 Å². The molecule has 0 saturated carbocycles. The largest absolute Gasteiger partial charge is 0.338 e. The second-order valence-electron chi connectivity index (χ2n) is 4.88. The second-order valence-corrected chi connectivity index (χ2v) is 8.59. The van der Waals surface area contributed by atoms with Crippen LogP contribution in [0.15, 0.2) is 6.33 Å². The SMILES string of the molecule is Cc1c(Cl)nc2ncnn2c1N1CCSCC1S(C)(=O)=O. The summed E-state index contributed by atoms with van der Waals surface area (Å²) in [6, 6.07) is 0. The van der Waals surface area contributed by atoms with Crippen molar-refractivity contribution in [3.63, 3.8) is 0 Å². The van der Waals surface area contributed by atoms with Gasteiger partial charge in [-0.15, -0.1) is 0 Å². The molecule has 1 saturated heterocycles. The van der Waals surface area contributed by atoms with Crippen LogP contribution in [0.1, 0.15) is 5.56 Å². The topological polar surface area (TPSA) is 80.5 Å². The minimum Gasteiger partial charge on any atom is -0.338 e. The number of halogens is 1. The van der Waals surface area contributed by atoms with Crippen LogP contribution in [0.25, 0.3) is 5.78 Å². The first-order valence-electron chi connectivity index (χ1n) is 6.28. The average molecular weight is 348 g/mol. The van der Waals surface area contributed by atoms with E-state index < -0.39 is 15.2 Å². The molecule has 114 valence electrons. The van der Waals surface area contributed by atoms with E-state index >= 15 is 0 Å². The summed E-state index contributed by atoms with van der Waals surface area (Å²) in [7, 11) is -3.22. The van der Waals surface area contributed by atoms with Crippen LogP contribution >= 0.6 is 23.4 Å². The molecule has 1 aliphatic rings. The standard InChI is InChI=1S/C11H14ClN5O2S2/c1-7-9(12)15-11-13-6-14-17(11)10(7)16-3-4-20-5-8(16)21(2,18)19/h6,8H,3-5H2,1-2H3. The van der Waals surface area contributed by atoms with Crippen molar-refractivity contribution in [3.05, 3.63) is 17.0 Å². The Hall–Kier alpha value is -1.06. The van der Waals surface area contributed by atoms with Crippen LogP contribution in [-0.2, 0) is 9.84 Å². The lowest BCUT2D eigenvalue weighted by Crippen LogP contribution is -2.48. The molecule has 1 atom stereocenters. The lowest BCUT2D eigenvalue weighted by atomic mass is 10.3. The van der Waals surface area contributed by atoms with E-state index in [-0.39, 0.29) is 0 Å². The van der Waals surface area contributed by atoms with Crippen LogP contribution < -0.4 is 4.90 Å². The summed E-state index contributed by atoms with van der Waals surface area (Å²) in [5, 5.41) is 3.87. The van der Waals surface area contributed by atoms with Crippen molar-refractivity contribution >= 4 is 44.8 Å². The molecule has 0 amide bonds. The monoisotopic (exact) mass is 347 g/mol. The molecule has 3 heterocycles. The van der Waals surface area contributed by atoms with Crippen LogP contribution in [0.5, 0.6) is 0 Å². The summed E-state index contributed by atoms with van der Waals surface area (Å²) in [4.78, 5) is 10.0. The molecule has 0 spiro atoms. The first-order chi connectivity index (χ1) is 9.89. The summed E-state index contributed by atoms with van der Waals surface area (Å²) in [5.74, 6) is 2.39. The zero-order chi connectivity index (χ0) is 15.2. The maximum absolute atomic E-state index is 12.1. The number of hydrogen-bond acceptors (Lipinski definition) is 7. The molecule has 1 fully saturated rings. The van der Waals surface area contributed by atoms with Crippen molar-refractivity contribution in [2.45, 2.75) is 12.3 Å². The van der Waals surface area contributed by atoms with E-state index in [2.05, 4.69) is 15.1 Å². The highest BCUT2D eigenvalue weighted by Gasteiger charge is 2.34. The van der Waals surface area contributed by atoms with Crippen molar-refractivity contribution in [2.75, 3.05) is 29.2 Å². The van der Waals surface area contributed by atoms with Crippen LogP contribution in [-0.4, -0.2) is 57.7 Å². The Labute approximate surface area is 131 Å². The number of aromatic nitrogens is 4. The molecule has 0 radical (unpaired) electrons. The number of rotatable bonds is 2. The summed E-state index contributed by atoms with van der Waals surface area (Å²) < 4.78 is 25.7. The summed E-state index contributed by atoms with van der Waals surface area (Å²) in [6.45, 7) is 2.42. The molecule has 21 heavy (non-hydrogen) atoms. The zero-order valence-corrected chi connectivity index (χ0v) is 13.9. The van der Waals surface area contributed by atoms with Gasteiger partial charge in [-0.05, 0) is 6.92 Å². The Kier molecular flexibility index (Phi) is 3.74. The highest BCUT2D eigenvalue weighted by molar-refractivity contribution is 8.01. The first kappa shape index (κ1) is 14.9. The maximum atomic E-state index is 12.1. The van der Waals surface area contributed by atoms with Crippen LogP contribution in [0, 0.1) is 6.92 Å². The molecule has 7 nitrogen and oxygen atoms in total. The molecule has 0 bridgehead atoms. The molecular formula is C11H14ClN5O2S2. The fourth-order valence-corrected chi connectivity index (χ4v) is 5.38. The summed E-state index contributed by atoms with van der Waals surface area (Å²) >= 11 is 7.79. The Morgan fingerprint density at radius 3 is 2.95 bits per heavy atom. The summed E-state index contributed by atoms with van der Waals surface area (Å²) in [5.41, 5.74) is 0.704. The molecular weight excluding hydrogens is 334 g/mol. The number of anilines is 1. The summed E-state index contributed by atoms with van der Waals surface area (Å²) in [6.07, 6.45) is 2.64. The maximum Gasteiger partial charge on any atom is 0.255 e. The van der Waals surface area contributed by atoms with E-state index in [1.54, 1.807) is 16.3 Å². The Morgan fingerprint density at radius 1 is 1.48 bits per heavy atom. The van der Waals surface area contributed by atoms with Crippen molar-refractivity contribution in [3.8, 4) is 0 Å². The molecule has 0 aromatic carbocycles. The third-order valence-electron chi connectivity index (χ3n) is 3.42. The molecule has 10 heteroatoms. The van der Waals surface area contributed by atoms with Crippen LogP contribution in [0.4, 0.5) is 5.82 Å². The van der Waals surface area contributed by atoms with Crippen molar-refractivity contribution in [2.24, 2.45) is 0 Å². The fraction of sp³-hybridized carbons (Fsp3) is 0.545. The second kappa shape index (κ2) is 5.29. The van der Waals surface area contributed by atoms with Gasteiger partial charge in [0, 0.05) is 29.9 Å². The van der Waals surface area contributed by atoms with Crippen molar-refractivity contribution < 1.29 is 8.42 Å². The zero-order valence-electron chi connectivity index (χ0n) is 11.5. The number of nitrogens with zero attached hydrogens (tertiary/aromatic N) is 5. The highest BCUT2D eigenvalue weighted by Crippen LogP contribution is 2.31. The average Bonchev–Trinajstić information content (AvgIpc) is 2.86. The van der Waals surface area contributed by atoms with Gasteiger partial charge in [-0.1, -0.05) is 11.6 Å². The van der Waals surface area contributed by atoms with E-state index in [4.69, 9.17) is 11.6 Å². The molecule has 1 unspecified atom stereocenters. The molecule has 2 aromatic rings. The van der Waals surface area contributed by atoms with Crippen molar-refractivity contribution in [1.82, 2.24) is 19.6 Å². The van der Waals surface area contributed by atoms with Gasteiger partial charge in [0.25, 0.3) is 5.78 Å². The number of hydrogen-bond donors (Lipinski definition) is 0. The lowest BCUT2D eigenvalue weighted by molar-refractivity contribution is 0.582. The normalized spacial score (nSPS) is 20.1. The van der Waals surface area contributed by atoms with E-state index in [1.165, 1.54) is 12.6 Å². The molecule has 0 N–H and O–H groups in total. The fourth-order valence-electron chi connectivity index (χ4n) is 2.40. The Morgan fingerprint density at radius 2 is 2.24 bits per heavy atom. The predicted molar refractivity (Wildman–Crippen MR) is 83.8 cm³/mol. The smallest absolute Gasteiger partial charge is 0.255 e. The van der Waals surface area contributed by atoms with Gasteiger partial charge in [0.1, 0.15) is 22.7 Å². The molecule has 0 aliphatic carbocycles. The quantitative estimate of drug-likeness (QED) is 0.750. The minimum absolute atomic E-state index is 0.316. The van der Waals surface area contributed by atoms with Gasteiger partial charge in [0.2, 0.25) is 0 Å². The van der Waals surface area contributed by atoms with E-state index in [0.29, 0.717) is 34.6 Å². The molecule has 1 aliphatic heterocycles.